The fourth-order valence-corrected chi connectivity index (χ4v) is 7.95. The van der Waals surface area contributed by atoms with Crippen molar-refractivity contribution in [3.63, 3.8) is 0 Å². The summed E-state index contributed by atoms with van der Waals surface area (Å²) in [7, 11) is -4.14. The minimum absolute atomic E-state index is 0.130. The standard InChI is InChI=1S/C28H24Cl3FN6O3S2/c1-28(18-5-8-21(29)23(31)12-18)24-14-33-27(38(24)25-9-6-19(32)15-37(25)28)42-16-17-4-7-20(13-22(17)30)43(40,41)35-26(39)34-36-10-2-3-11-36/h4-9,12-15H,2-3,10-11,16H2,1H3,(H-,34,35,39)/p+1. The molecule has 15 heteroatoms. The lowest BCUT2D eigenvalue weighted by Crippen LogP contribution is -2.53. The van der Waals surface area contributed by atoms with E-state index < -0.39 is 27.4 Å². The summed E-state index contributed by atoms with van der Waals surface area (Å²) in [5.74, 6) is 0.673. The summed E-state index contributed by atoms with van der Waals surface area (Å²) in [6.07, 6.45) is 5.05. The van der Waals surface area contributed by atoms with Crippen molar-refractivity contribution in [3.05, 3.63) is 98.6 Å². The molecule has 4 aromatic rings. The maximum atomic E-state index is 14.5. The summed E-state index contributed by atoms with van der Waals surface area (Å²) >= 11 is 20.4. The Hall–Kier alpha value is -2.87. The van der Waals surface area contributed by atoms with Gasteiger partial charge in [0, 0.05) is 35.5 Å². The maximum absolute atomic E-state index is 14.5. The van der Waals surface area contributed by atoms with Crippen molar-refractivity contribution in [1.29, 1.82) is 0 Å². The molecular formula is C28H25Cl3FN6O3S2+. The lowest BCUT2D eigenvalue weighted by molar-refractivity contribution is -0.727. The number of aromatic nitrogens is 3. The molecule has 1 fully saturated rings. The van der Waals surface area contributed by atoms with E-state index in [1.165, 1.54) is 36.2 Å². The molecule has 6 rings (SSSR count). The van der Waals surface area contributed by atoms with E-state index in [9.17, 15) is 17.6 Å². The quantitative estimate of drug-likeness (QED) is 0.192. The number of amides is 2. The number of fused-ring (bicyclic) bond motifs is 3. The monoisotopic (exact) mass is 681 g/mol. The normalized spacial score (nSPS) is 18.0. The number of imidazole rings is 1. The molecule has 43 heavy (non-hydrogen) atoms. The number of carbonyl (C=O) groups is 1. The number of hydrogen-bond donors (Lipinski definition) is 2. The van der Waals surface area contributed by atoms with Crippen molar-refractivity contribution in [2.24, 2.45) is 0 Å². The molecule has 4 heterocycles. The van der Waals surface area contributed by atoms with E-state index in [-0.39, 0.29) is 9.92 Å². The second-order valence-electron chi connectivity index (χ2n) is 10.3. The highest BCUT2D eigenvalue weighted by molar-refractivity contribution is 7.98. The van der Waals surface area contributed by atoms with Gasteiger partial charge < -0.3 is 0 Å². The van der Waals surface area contributed by atoms with E-state index in [0.717, 1.165) is 24.1 Å². The molecule has 1 unspecified atom stereocenters. The van der Waals surface area contributed by atoms with Crippen LogP contribution in [-0.4, -0.2) is 42.1 Å². The lowest BCUT2D eigenvalue weighted by Gasteiger charge is -2.21. The van der Waals surface area contributed by atoms with E-state index in [1.54, 1.807) is 35.5 Å². The number of sulfonamides is 1. The van der Waals surface area contributed by atoms with Crippen LogP contribution in [0.5, 0.6) is 0 Å². The summed E-state index contributed by atoms with van der Waals surface area (Å²) in [6, 6.07) is 11.9. The SMILES string of the molecule is CC1(c2ccc(Cl)c(Cl)c2)c2cnc(SCc3ccc(S(=O)(=O)NC(=O)NN4CCCC4)cc3Cl)n2-c2ccc(F)c[n+]21. The van der Waals surface area contributed by atoms with Gasteiger partial charge in [0.05, 0.1) is 21.1 Å². The highest BCUT2D eigenvalue weighted by atomic mass is 35.5. The van der Waals surface area contributed by atoms with Gasteiger partial charge in [-0.05, 0) is 55.7 Å². The van der Waals surface area contributed by atoms with E-state index in [0.29, 0.717) is 45.4 Å². The van der Waals surface area contributed by atoms with Crippen LogP contribution in [0.3, 0.4) is 0 Å². The molecule has 2 N–H and O–H groups in total. The molecule has 2 aromatic heterocycles. The molecule has 2 aliphatic rings. The van der Waals surface area contributed by atoms with Gasteiger partial charge in [0.1, 0.15) is 6.20 Å². The number of carbonyl (C=O) groups excluding carboxylic acids is 1. The van der Waals surface area contributed by atoms with Crippen molar-refractivity contribution in [2.75, 3.05) is 13.1 Å². The van der Waals surface area contributed by atoms with Gasteiger partial charge in [0.2, 0.25) is 0 Å². The van der Waals surface area contributed by atoms with Gasteiger partial charge in [0.15, 0.2) is 17.1 Å². The molecule has 0 bridgehead atoms. The third-order valence-electron chi connectivity index (χ3n) is 7.60. The van der Waals surface area contributed by atoms with Crippen LogP contribution in [-0.2, 0) is 21.3 Å². The first-order valence-corrected chi connectivity index (χ1v) is 16.8. The Morgan fingerprint density at radius 3 is 2.56 bits per heavy atom. The second kappa shape index (κ2) is 11.6. The van der Waals surface area contributed by atoms with E-state index >= 15 is 0 Å². The number of nitrogens with one attached hydrogen (secondary N) is 2. The van der Waals surface area contributed by atoms with Crippen LogP contribution in [0.2, 0.25) is 15.1 Å². The summed E-state index contributed by atoms with van der Waals surface area (Å²) < 4.78 is 45.9. The average molecular weight is 683 g/mol. The van der Waals surface area contributed by atoms with Crippen molar-refractivity contribution in [1.82, 2.24) is 24.7 Å². The molecular weight excluding hydrogens is 658 g/mol. The molecule has 0 spiro atoms. The Kier molecular flexibility index (Phi) is 8.12. The van der Waals surface area contributed by atoms with E-state index in [1.807, 2.05) is 26.8 Å². The molecule has 0 aliphatic carbocycles. The van der Waals surface area contributed by atoms with E-state index in [4.69, 9.17) is 34.8 Å². The van der Waals surface area contributed by atoms with Crippen LogP contribution in [0.15, 0.2) is 71.0 Å². The third-order valence-corrected chi connectivity index (χ3v) is 11.0. The van der Waals surface area contributed by atoms with Gasteiger partial charge in [-0.15, -0.1) is 0 Å². The number of hydrogen-bond acceptors (Lipinski definition) is 6. The molecule has 1 saturated heterocycles. The smallest absolute Gasteiger partial charge is 0.270 e. The van der Waals surface area contributed by atoms with Gasteiger partial charge in [-0.25, -0.2) is 36.9 Å². The Labute approximate surface area is 267 Å². The fourth-order valence-electron chi connectivity index (χ4n) is 5.35. The van der Waals surface area contributed by atoms with Gasteiger partial charge in [-0.2, -0.15) is 4.57 Å². The molecule has 2 aromatic carbocycles. The van der Waals surface area contributed by atoms with Crippen molar-refractivity contribution in [3.8, 4) is 5.82 Å². The Morgan fingerprint density at radius 2 is 1.84 bits per heavy atom. The van der Waals surface area contributed by atoms with Crippen LogP contribution in [0.1, 0.15) is 36.6 Å². The summed E-state index contributed by atoms with van der Waals surface area (Å²) in [5, 5.41) is 3.32. The van der Waals surface area contributed by atoms with Crippen molar-refractivity contribution in [2.45, 2.75) is 41.1 Å². The van der Waals surface area contributed by atoms with Gasteiger partial charge in [-0.1, -0.05) is 58.7 Å². The molecule has 9 nitrogen and oxygen atoms in total. The van der Waals surface area contributed by atoms with E-state index in [2.05, 4.69) is 10.4 Å². The zero-order chi connectivity index (χ0) is 30.5. The topological polar surface area (TPSA) is 100 Å². The highest BCUT2D eigenvalue weighted by Gasteiger charge is 2.51. The van der Waals surface area contributed by atoms with Crippen LogP contribution < -0.4 is 14.7 Å². The Bertz CT molecular complexity index is 1870. The first-order valence-electron chi connectivity index (χ1n) is 13.2. The molecule has 2 amide bonds. The Balaban J connectivity index is 1.24. The van der Waals surface area contributed by atoms with Crippen LogP contribution in [0.4, 0.5) is 9.18 Å². The molecule has 2 aliphatic heterocycles. The number of rotatable bonds is 7. The van der Waals surface area contributed by atoms with Crippen LogP contribution in [0.25, 0.3) is 5.82 Å². The molecule has 0 saturated carbocycles. The summed E-state index contributed by atoms with van der Waals surface area (Å²) in [6.45, 7) is 3.29. The summed E-state index contributed by atoms with van der Waals surface area (Å²) in [5.41, 5.74) is 3.97. The van der Waals surface area contributed by atoms with Crippen LogP contribution >= 0.6 is 46.6 Å². The number of thioether (sulfide) groups is 1. The molecule has 224 valence electrons. The second-order valence-corrected chi connectivity index (χ2v) is 14.2. The van der Waals surface area contributed by atoms with Crippen molar-refractivity contribution < 1.29 is 22.2 Å². The fraction of sp³-hybridized carbons (Fsp3) is 0.250. The first-order chi connectivity index (χ1) is 20.5. The Morgan fingerprint density at radius 1 is 1.07 bits per heavy atom. The predicted octanol–water partition coefficient (Wildman–Crippen LogP) is 5.68. The number of halogens is 4. The minimum atomic E-state index is -4.14. The highest BCUT2D eigenvalue weighted by Crippen LogP contribution is 2.41. The molecule has 0 radical (unpaired) electrons. The number of hydrazine groups is 1. The van der Waals surface area contributed by atoms with Gasteiger partial charge in [-0.3, -0.25) is 5.43 Å². The zero-order valence-corrected chi connectivity index (χ0v) is 26.6. The average Bonchev–Trinajstić information content (AvgIpc) is 3.68. The van der Waals surface area contributed by atoms with Crippen LogP contribution in [0, 0.1) is 5.82 Å². The largest absolute Gasteiger partial charge is 0.343 e. The summed E-state index contributed by atoms with van der Waals surface area (Å²) in [4.78, 5) is 16.7. The number of urea groups is 1. The van der Waals surface area contributed by atoms with Crippen molar-refractivity contribution >= 4 is 62.6 Å². The first kappa shape index (κ1) is 30.2. The van der Waals surface area contributed by atoms with Gasteiger partial charge in [0.25, 0.3) is 21.0 Å². The predicted molar refractivity (Wildman–Crippen MR) is 163 cm³/mol. The minimum Gasteiger partial charge on any atom is -0.270 e. The molecule has 1 atom stereocenters. The number of pyridine rings is 1. The lowest BCUT2D eigenvalue weighted by atomic mass is 9.89. The number of benzene rings is 2. The number of nitrogens with zero attached hydrogens (tertiary/aromatic N) is 4. The maximum Gasteiger partial charge on any atom is 0.343 e. The zero-order valence-electron chi connectivity index (χ0n) is 22.7. The van der Waals surface area contributed by atoms with Gasteiger partial charge >= 0.3 is 6.03 Å². The third kappa shape index (κ3) is 5.60.